The number of ketones is 1. The predicted molar refractivity (Wildman–Crippen MR) is 54.8 cm³/mol. The Bertz CT molecular complexity index is 163. The molecule has 0 saturated carbocycles. The summed E-state index contributed by atoms with van der Waals surface area (Å²) in [5, 5.41) is 0. The van der Waals surface area contributed by atoms with Crippen molar-refractivity contribution < 1.29 is 9.53 Å². The van der Waals surface area contributed by atoms with E-state index in [4.69, 9.17) is 4.74 Å². The smallest absolute Gasteiger partial charge is 0.164 e. The van der Waals surface area contributed by atoms with Gasteiger partial charge in [0.2, 0.25) is 0 Å². The molecule has 0 aromatic carbocycles. The van der Waals surface area contributed by atoms with Crippen LogP contribution in [0.3, 0.4) is 0 Å². The van der Waals surface area contributed by atoms with Crippen molar-refractivity contribution in [2.75, 3.05) is 7.11 Å². The highest BCUT2D eigenvalue weighted by Crippen LogP contribution is 2.23. The van der Waals surface area contributed by atoms with Gasteiger partial charge >= 0.3 is 0 Å². The molecule has 0 aromatic heterocycles. The van der Waals surface area contributed by atoms with E-state index in [-0.39, 0.29) is 5.78 Å². The zero-order chi connectivity index (χ0) is 10.5. The summed E-state index contributed by atoms with van der Waals surface area (Å²) in [6, 6.07) is 0. The first-order valence-corrected chi connectivity index (χ1v) is 5.04. The molecular formula is C11H22O2. The molecule has 0 radical (unpaired) electrons. The summed E-state index contributed by atoms with van der Waals surface area (Å²) in [5.74, 6) is 0.719. The van der Waals surface area contributed by atoms with Crippen molar-refractivity contribution in [2.45, 2.75) is 52.6 Å². The summed E-state index contributed by atoms with van der Waals surface area (Å²) in [4.78, 5) is 11.7. The molecule has 0 aliphatic rings. The number of carbonyl (C=O) groups is 1. The first-order valence-electron chi connectivity index (χ1n) is 5.04. The van der Waals surface area contributed by atoms with E-state index >= 15 is 0 Å². The zero-order valence-corrected chi connectivity index (χ0v) is 9.52. The molecule has 0 fully saturated rings. The Morgan fingerprint density at radius 1 is 1.46 bits per heavy atom. The molecule has 0 amide bonds. The second kappa shape index (κ2) is 5.38. The van der Waals surface area contributed by atoms with Crippen molar-refractivity contribution in [3.63, 3.8) is 0 Å². The van der Waals surface area contributed by atoms with E-state index in [1.165, 1.54) is 0 Å². The molecule has 0 spiro atoms. The number of methoxy groups -OCH3 is 1. The van der Waals surface area contributed by atoms with Gasteiger partial charge in [-0.2, -0.15) is 0 Å². The molecule has 0 N–H and O–H groups in total. The van der Waals surface area contributed by atoms with E-state index in [9.17, 15) is 4.79 Å². The lowest BCUT2D eigenvalue weighted by Crippen LogP contribution is -2.38. The van der Waals surface area contributed by atoms with E-state index in [0.717, 1.165) is 12.8 Å². The first kappa shape index (κ1) is 12.6. The summed E-state index contributed by atoms with van der Waals surface area (Å²) in [7, 11) is 1.62. The Morgan fingerprint density at radius 3 is 2.31 bits per heavy atom. The molecule has 0 saturated heterocycles. The Kier molecular flexibility index (Phi) is 5.23. The molecule has 78 valence electrons. The molecule has 0 aromatic rings. The van der Waals surface area contributed by atoms with Crippen LogP contribution in [-0.4, -0.2) is 18.5 Å². The lowest BCUT2D eigenvalue weighted by molar-refractivity contribution is -0.140. The lowest BCUT2D eigenvalue weighted by atomic mass is 9.88. The fraction of sp³-hybridized carbons (Fsp3) is 0.909. The monoisotopic (exact) mass is 186 g/mol. The largest absolute Gasteiger partial charge is 0.371 e. The minimum atomic E-state index is -0.565. The average molecular weight is 186 g/mol. The fourth-order valence-corrected chi connectivity index (χ4v) is 1.58. The normalized spacial score (nSPS) is 15.8. The number of Topliss-reactive ketones (excluding diaryl/α,β-unsaturated/α-hetero) is 1. The van der Waals surface area contributed by atoms with Gasteiger partial charge in [0.25, 0.3) is 0 Å². The Hall–Kier alpha value is -0.370. The second-order valence-electron chi connectivity index (χ2n) is 4.21. The average Bonchev–Trinajstić information content (AvgIpc) is 2.03. The third-order valence-corrected chi connectivity index (χ3v) is 2.32. The van der Waals surface area contributed by atoms with Crippen LogP contribution in [-0.2, 0) is 9.53 Å². The quantitative estimate of drug-likeness (QED) is 0.637. The molecule has 1 unspecified atom stereocenters. The Balaban J connectivity index is 4.33. The molecule has 0 aliphatic heterocycles. The van der Waals surface area contributed by atoms with Gasteiger partial charge in [-0.3, -0.25) is 4.79 Å². The molecule has 0 heterocycles. The topological polar surface area (TPSA) is 26.3 Å². The van der Waals surface area contributed by atoms with Gasteiger partial charge in [-0.1, -0.05) is 20.8 Å². The van der Waals surface area contributed by atoms with Crippen LogP contribution in [0.25, 0.3) is 0 Å². The maximum Gasteiger partial charge on any atom is 0.164 e. The third-order valence-electron chi connectivity index (χ3n) is 2.32. The van der Waals surface area contributed by atoms with Crippen molar-refractivity contribution in [3.8, 4) is 0 Å². The van der Waals surface area contributed by atoms with Crippen LogP contribution in [0.1, 0.15) is 47.0 Å². The van der Waals surface area contributed by atoms with E-state index in [0.29, 0.717) is 12.3 Å². The van der Waals surface area contributed by atoms with Crippen LogP contribution in [0.2, 0.25) is 0 Å². The van der Waals surface area contributed by atoms with Gasteiger partial charge in [0.05, 0.1) is 0 Å². The van der Waals surface area contributed by atoms with Crippen molar-refractivity contribution in [1.82, 2.24) is 0 Å². The Labute approximate surface area is 81.7 Å². The third kappa shape index (κ3) is 3.90. The van der Waals surface area contributed by atoms with Crippen LogP contribution in [0.5, 0.6) is 0 Å². The van der Waals surface area contributed by atoms with Gasteiger partial charge in [0, 0.05) is 13.5 Å². The number of hydrogen-bond acceptors (Lipinski definition) is 2. The van der Waals surface area contributed by atoms with Gasteiger partial charge in [-0.25, -0.2) is 0 Å². The highest BCUT2D eigenvalue weighted by atomic mass is 16.5. The highest BCUT2D eigenvalue weighted by Gasteiger charge is 2.32. The maximum absolute atomic E-state index is 11.7. The van der Waals surface area contributed by atoms with Crippen molar-refractivity contribution in [3.05, 3.63) is 0 Å². The molecule has 0 bridgehead atoms. The number of carbonyl (C=O) groups excluding carboxylic acids is 1. The maximum atomic E-state index is 11.7. The Morgan fingerprint density at radius 2 is 2.00 bits per heavy atom. The van der Waals surface area contributed by atoms with Crippen molar-refractivity contribution in [1.29, 1.82) is 0 Å². The van der Waals surface area contributed by atoms with E-state index in [1.807, 2.05) is 13.8 Å². The molecule has 2 nitrogen and oxygen atoms in total. The second-order valence-corrected chi connectivity index (χ2v) is 4.21. The molecule has 1 atom stereocenters. The van der Waals surface area contributed by atoms with Gasteiger partial charge in [-0.05, 0) is 25.7 Å². The van der Waals surface area contributed by atoms with Gasteiger partial charge in [0.15, 0.2) is 5.78 Å². The standard InChI is InChI=1S/C11H22O2/c1-6-7-10(12)11(4,13-5)8-9(2)3/h9H,6-8H2,1-5H3. The van der Waals surface area contributed by atoms with Crippen LogP contribution < -0.4 is 0 Å². The molecule has 0 rings (SSSR count). The molecule has 13 heavy (non-hydrogen) atoms. The predicted octanol–water partition coefficient (Wildman–Crippen LogP) is 2.81. The highest BCUT2D eigenvalue weighted by molar-refractivity contribution is 5.86. The van der Waals surface area contributed by atoms with Crippen molar-refractivity contribution >= 4 is 5.78 Å². The summed E-state index contributed by atoms with van der Waals surface area (Å²) in [6.07, 6.45) is 2.33. The van der Waals surface area contributed by atoms with E-state index < -0.39 is 5.60 Å². The van der Waals surface area contributed by atoms with E-state index in [2.05, 4.69) is 13.8 Å². The number of hydrogen-bond donors (Lipinski definition) is 0. The minimum absolute atomic E-state index is 0.228. The van der Waals surface area contributed by atoms with Crippen LogP contribution >= 0.6 is 0 Å². The van der Waals surface area contributed by atoms with Crippen LogP contribution in [0, 0.1) is 5.92 Å². The van der Waals surface area contributed by atoms with Gasteiger partial charge in [0.1, 0.15) is 5.60 Å². The first-order chi connectivity index (χ1) is 5.96. The van der Waals surface area contributed by atoms with Crippen LogP contribution in [0.15, 0.2) is 0 Å². The molecule has 2 heteroatoms. The zero-order valence-electron chi connectivity index (χ0n) is 9.52. The summed E-state index contributed by atoms with van der Waals surface area (Å²) in [6.45, 7) is 8.13. The molecule has 0 aliphatic carbocycles. The summed E-state index contributed by atoms with van der Waals surface area (Å²) < 4.78 is 5.31. The fourth-order valence-electron chi connectivity index (χ4n) is 1.58. The lowest BCUT2D eigenvalue weighted by Gasteiger charge is -2.28. The van der Waals surface area contributed by atoms with Crippen LogP contribution in [0.4, 0.5) is 0 Å². The number of rotatable bonds is 6. The van der Waals surface area contributed by atoms with E-state index in [1.54, 1.807) is 7.11 Å². The summed E-state index contributed by atoms with van der Waals surface area (Å²) in [5.41, 5.74) is -0.565. The van der Waals surface area contributed by atoms with Crippen molar-refractivity contribution in [2.24, 2.45) is 5.92 Å². The molecular weight excluding hydrogens is 164 g/mol. The minimum Gasteiger partial charge on any atom is -0.371 e. The van der Waals surface area contributed by atoms with Gasteiger partial charge < -0.3 is 4.74 Å². The number of ether oxygens (including phenoxy) is 1. The summed E-state index contributed by atoms with van der Waals surface area (Å²) >= 11 is 0. The SMILES string of the molecule is CCCC(=O)C(C)(CC(C)C)OC. The van der Waals surface area contributed by atoms with Gasteiger partial charge in [-0.15, -0.1) is 0 Å².